The van der Waals surface area contributed by atoms with Crippen LogP contribution >= 0.6 is 11.6 Å². The van der Waals surface area contributed by atoms with E-state index in [1.807, 2.05) is 48.5 Å². The van der Waals surface area contributed by atoms with Gasteiger partial charge < -0.3 is 14.6 Å². The Labute approximate surface area is 148 Å². The predicted molar refractivity (Wildman–Crippen MR) is 98.9 cm³/mol. The second kappa shape index (κ2) is 10.9. The smallest absolute Gasteiger partial charge is 0.130 e. The molecule has 4 heteroatoms. The lowest BCUT2D eigenvalue weighted by Crippen LogP contribution is -2.08. The predicted octanol–water partition coefficient (Wildman–Crippen LogP) is 4.21. The molecule has 0 amide bonds. The zero-order valence-corrected chi connectivity index (χ0v) is 14.4. The fourth-order valence-corrected chi connectivity index (χ4v) is 2.62. The Hall–Kier alpha value is -1.81. The summed E-state index contributed by atoms with van der Waals surface area (Å²) in [5.74, 6) is 1.35. The van der Waals surface area contributed by atoms with Crippen molar-refractivity contribution in [1.82, 2.24) is 0 Å². The van der Waals surface area contributed by atoms with Gasteiger partial charge in [-0.05, 0) is 12.0 Å². The van der Waals surface area contributed by atoms with Crippen LogP contribution in [0.4, 0.5) is 0 Å². The molecule has 2 aromatic rings. The number of aliphatic hydroxyl groups excluding tert-OH is 1. The Balaban J connectivity index is 2.30. The van der Waals surface area contributed by atoms with Gasteiger partial charge in [0.1, 0.15) is 12.4 Å². The van der Waals surface area contributed by atoms with E-state index in [1.54, 1.807) is 0 Å². The van der Waals surface area contributed by atoms with E-state index in [0.29, 0.717) is 32.1 Å². The molecular weight excluding hydrogens is 324 g/mol. The molecule has 0 unspecified atom stereocenters. The summed E-state index contributed by atoms with van der Waals surface area (Å²) in [6.45, 7) is 1.19. The first-order valence-electron chi connectivity index (χ1n) is 8.08. The van der Waals surface area contributed by atoms with Crippen molar-refractivity contribution < 1.29 is 14.6 Å². The minimum Gasteiger partial charge on any atom is -0.490 e. The van der Waals surface area contributed by atoms with Crippen LogP contribution in [0.5, 0.6) is 0 Å². The van der Waals surface area contributed by atoms with Gasteiger partial charge in [-0.3, -0.25) is 0 Å². The maximum absolute atomic E-state index is 8.77. The van der Waals surface area contributed by atoms with Gasteiger partial charge in [0.25, 0.3) is 0 Å². The molecule has 0 heterocycles. The van der Waals surface area contributed by atoms with Crippen LogP contribution < -0.4 is 0 Å². The first-order valence-corrected chi connectivity index (χ1v) is 8.61. The van der Waals surface area contributed by atoms with E-state index in [4.69, 9.17) is 26.2 Å². The number of hydrogen-bond acceptors (Lipinski definition) is 3. The van der Waals surface area contributed by atoms with Gasteiger partial charge in [0.2, 0.25) is 0 Å². The number of allylic oxidation sites excluding steroid dienone is 1. The van der Waals surface area contributed by atoms with Gasteiger partial charge in [0.05, 0.1) is 19.8 Å². The topological polar surface area (TPSA) is 38.7 Å². The third kappa shape index (κ3) is 5.68. The Morgan fingerprint density at radius 3 is 2.04 bits per heavy atom. The fraction of sp³-hybridized carbons (Fsp3) is 0.300. The molecule has 3 nitrogen and oxygen atoms in total. The van der Waals surface area contributed by atoms with Crippen LogP contribution in [-0.4, -0.2) is 37.4 Å². The van der Waals surface area contributed by atoms with Gasteiger partial charge in [-0.2, -0.15) is 0 Å². The first-order chi connectivity index (χ1) is 11.9. The highest BCUT2D eigenvalue weighted by Crippen LogP contribution is 2.30. The van der Waals surface area contributed by atoms with Crippen molar-refractivity contribution in [2.45, 2.75) is 6.42 Å². The second-order valence-electron chi connectivity index (χ2n) is 5.16. The van der Waals surface area contributed by atoms with Crippen molar-refractivity contribution in [2.75, 3.05) is 32.3 Å². The summed E-state index contributed by atoms with van der Waals surface area (Å²) in [7, 11) is 0. The second-order valence-corrected chi connectivity index (χ2v) is 5.54. The average molecular weight is 347 g/mol. The standard InChI is InChI=1S/C20H23ClO3/c21-12-11-19(17-7-3-1-4-8-17)20(18-9-5-2-6-10-18)24-16-15-23-14-13-22/h1-10,22H,11-16H2/b20-19-. The molecule has 0 saturated heterocycles. The minimum atomic E-state index is 0.0168. The molecule has 0 aliphatic carbocycles. The Morgan fingerprint density at radius 1 is 0.833 bits per heavy atom. The fourth-order valence-electron chi connectivity index (χ4n) is 2.43. The lowest BCUT2D eigenvalue weighted by Gasteiger charge is -2.17. The van der Waals surface area contributed by atoms with Crippen molar-refractivity contribution in [3.05, 3.63) is 71.8 Å². The number of ether oxygens (including phenoxy) is 2. The van der Waals surface area contributed by atoms with E-state index in [-0.39, 0.29) is 6.61 Å². The van der Waals surface area contributed by atoms with Gasteiger partial charge in [-0.15, -0.1) is 11.6 Å². The Kier molecular flexibility index (Phi) is 8.39. The molecule has 0 aliphatic heterocycles. The quantitative estimate of drug-likeness (QED) is 0.303. The Morgan fingerprint density at radius 2 is 1.46 bits per heavy atom. The number of halogens is 1. The molecule has 2 aromatic carbocycles. The molecular formula is C20H23ClO3. The summed E-state index contributed by atoms with van der Waals surface area (Å²) in [5, 5.41) is 8.77. The molecule has 24 heavy (non-hydrogen) atoms. The lowest BCUT2D eigenvalue weighted by molar-refractivity contribution is 0.0645. The molecule has 0 saturated carbocycles. The van der Waals surface area contributed by atoms with Crippen molar-refractivity contribution in [1.29, 1.82) is 0 Å². The van der Waals surface area contributed by atoms with Crippen LogP contribution in [0, 0.1) is 0 Å². The van der Waals surface area contributed by atoms with E-state index in [9.17, 15) is 0 Å². The Bertz CT molecular complexity index is 611. The van der Waals surface area contributed by atoms with E-state index in [1.165, 1.54) is 0 Å². The largest absolute Gasteiger partial charge is 0.490 e. The van der Waals surface area contributed by atoms with E-state index in [2.05, 4.69) is 12.1 Å². The molecule has 0 atom stereocenters. The van der Waals surface area contributed by atoms with Crippen LogP contribution in [0.2, 0.25) is 0 Å². The van der Waals surface area contributed by atoms with Crippen molar-refractivity contribution in [3.8, 4) is 0 Å². The molecule has 0 fully saturated rings. The number of alkyl halides is 1. The molecule has 128 valence electrons. The van der Waals surface area contributed by atoms with Gasteiger partial charge in [-0.1, -0.05) is 60.7 Å². The van der Waals surface area contributed by atoms with Crippen LogP contribution in [0.1, 0.15) is 17.5 Å². The summed E-state index contributed by atoms with van der Waals surface area (Å²) < 4.78 is 11.3. The number of rotatable bonds is 10. The third-order valence-corrected chi connectivity index (χ3v) is 3.68. The van der Waals surface area contributed by atoms with Gasteiger partial charge in [0, 0.05) is 17.0 Å². The SMILES string of the molecule is OCCOCCO/C(=C(/CCCl)c1ccccc1)c1ccccc1. The molecule has 2 rings (SSSR count). The molecule has 0 aliphatic rings. The maximum atomic E-state index is 8.77. The number of aliphatic hydroxyl groups is 1. The average Bonchev–Trinajstić information content (AvgIpc) is 2.65. The monoisotopic (exact) mass is 346 g/mol. The van der Waals surface area contributed by atoms with Gasteiger partial charge in [-0.25, -0.2) is 0 Å². The van der Waals surface area contributed by atoms with Crippen LogP contribution in [0.25, 0.3) is 11.3 Å². The zero-order chi connectivity index (χ0) is 17.0. The van der Waals surface area contributed by atoms with Crippen LogP contribution in [0.15, 0.2) is 60.7 Å². The van der Waals surface area contributed by atoms with Crippen molar-refractivity contribution in [2.24, 2.45) is 0 Å². The minimum absolute atomic E-state index is 0.0168. The molecule has 0 spiro atoms. The molecule has 1 N–H and O–H groups in total. The van der Waals surface area contributed by atoms with Crippen molar-refractivity contribution in [3.63, 3.8) is 0 Å². The van der Waals surface area contributed by atoms with E-state index >= 15 is 0 Å². The lowest BCUT2D eigenvalue weighted by atomic mass is 9.99. The highest BCUT2D eigenvalue weighted by molar-refractivity contribution is 6.18. The summed E-state index contributed by atoms with van der Waals surface area (Å²) in [6, 6.07) is 20.2. The number of benzene rings is 2. The summed E-state index contributed by atoms with van der Waals surface area (Å²) in [5.41, 5.74) is 3.20. The van der Waals surface area contributed by atoms with Crippen LogP contribution in [0.3, 0.4) is 0 Å². The summed E-state index contributed by atoms with van der Waals surface area (Å²) in [4.78, 5) is 0. The van der Waals surface area contributed by atoms with E-state index in [0.717, 1.165) is 22.5 Å². The van der Waals surface area contributed by atoms with Crippen molar-refractivity contribution >= 4 is 22.9 Å². The molecule has 0 bridgehead atoms. The number of hydrogen-bond donors (Lipinski definition) is 1. The van der Waals surface area contributed by atoms with Gasteiger partial charge >= 0.3 is 0 Å². The summed E-state index contributed by atoms with van der Waals surface area (Å²) in [6.07, 6.45) is 0.716. The highest BCUT2D eigenvalue weighted by Gasteiger charge is 2.13. The highest BCUT2D eigenvalue weighted by atomic mass is 35.5. The third-order valence-electron chi connectivity index (χ3n) is 3.49. The van der Waals surface area contributed by atoms with E-state index < -0.39 is 0 Å². The maximum Gasteiger partial charge on any atom is 0.130 e. The molecule has 0 aromatic heterocycles. The normalized spacial score (nSPS) is 11.9. The summed E-state index contributed by atoms with van der Waals surface area (Å²) >= 11 is 6.04. The molecule has 0 radical (unpaired) electrons. The van der Waals surface area contributed by atoms with Crippen LogP contribution in [-0.2, 0) is 9.47 Å². The zero-order valence-electron chi connectivity index (χ0n) is 13.7. The van der Waals surface area contributed by atoms with Gasteiger partial charge in [0.15, 0.2) is 0 Å². The first kappa shape index (κ1) is 18.5.